The number of carbonyl (C=O) groups excluding carboxylic acids is 1. The van der Waals surface area contributed by atoms with Crippen molar-refractivity contribution in [2.45, 2.75) is 58.9 Å². The smallest absolute Gasteiger partial charge is 0.223 e. The van der Waals surface area contributed by atoms with Crippen LogP contribution in [-0.4, -0.2) is 28.4 Å². The molecule has 128 valence electrons. The number of nitrogens with one attached hydrogen (secondary N) is 1. The van der Waals surface area contributed by atoms with Gasteiger partial charge in [0.15, 0.2) is 0 Å². The molecule has 1 N–H and O–H groups in total. The van der Waals surface area contributed by atoms with E-state index < -0.39 is 0 Å². The Morgan fingerprint density at radius 2 is 2.04 bits per heavy atom. The van der Waals surface area contributed by atoms with Gasteiger partial charge in [-0.05, 0) is 48.1 Å². The fourth-order valence-corrected chi connectivity index (χ4v) is 5.48. The van der Waals surface area contributed by atoms with Crippen LogP contribution < -0.4 is 0 Å². The molecular weight excluding hydrogens is 296 g/mol. The van der Waals surface area contributed by atoms with Gasteiger partial charge >= 0.3 is 0 Å². The second-order valence-electron chi connectivity index (χ2n) is 9.09. The van der Waals surface area contributed by atoms with E-state index in [0.717, 1.165) is 24.9 Å². The van der Waals surface area contributed by atoms with Gasteiger partial charge in [0.25, 0.3) is 0 Å². The van der Waals surface area contributed by atoms with E-state index in [1.807, 2.05) is 6.07 Å². The van der Waals surface area contributed by atoms with Crippen LogP contribution in [0.2, 0.25) is 0 Å². The highest BCUT2D eigenvalue weighted by molar-refractivity contribution is 5.84. The van der Waals surface area contributed by atoms with E-state index in [-0.39, 0.29) is 0 Å². The minimum absolute atomic E-state index is 0.322. The number of nitrogens with zero attached hydrogens (tertiary/aromatic N) is 1. The molecule has 1 aliphatic carbocycles. The third kappa shape index (κ3) is 2.74. The first-order valence-corrected chi connectivity index (χ1v) is 9.20. The largest absolute Gasteiger partial charge is 0.361 e. The first kappa shape index (κ1) is 15.7. The minimum atomic E-state index is 0.322. The second kappa shape index (κ2) is 5.37. The van der Waals surface area contributed by atoms with Crippen LogP contribution in [0.1, 0.15) is 52.0 Å². The lowest BCUT2D eigenvalue weighted by Crippen LogP contribution is -2.37. The van der Waals surface area contributed by atoms with Crippen LogP contribution in [0.4, 0.5) is 0 Å². The average molecular weight is 324 g/mol. The van der Waals surface area contributed by atoms with Crippen LogP contribution in [-0.2, 0) is 11.2 Å². The number of hydrogen-bond donors (Lipinski definition) is 1. The summed E-state index contributed by atoms with van der Waals surface area (Å²) in [6.07, 6.45) is 7.09. The lowest BCUT2D eigenvalue weighted by atomic mass is 9.65. The van der Waals surface area contributed by atoms with Crippen molar-refractivity contribution in [3.05, 3.63) is 36.0 Å². The summed E-state index contributed by atoms with van der Waals surface area (Å²) < 4.78 is 0. The van der Waals surface area contributed by atoms with Crippen LogP contribution in [0.5, 0.6) is 0 Å². The Balaban J connectivity index is 1.45. The number of aromatic nitrogens is 1. The number of likely N-dealkylation sites (tertiary alicyclic amines) is 1. The van der Waals surface area contributed by atoms with Gasteiger partial charge in [-0.25, -0.2) is 0 Å². The predicted molar refractivity (Wildman–Crippen MR) is 97.9 cm³/mol. The van der Waals surface area contributed by atoms with Crippen molar-refractivity contribution < 1.29 is 4.79 Å². The van der Waals surface area contributed by atoms with Gasteiger partial charge in [0.1, 0.15) is 0 Å². The normalized spacial score (nSPS) is 28.5. The van der Waals surface area contributed by atoms with Crippen molar-refractivity contribution in [2.75, 3.05) is 6.54 Å². The number of benzene rings is 1. The molecule has 2 bridgehead atoms. The van der Waals surface area contributed by atoms with E-state index in [4.69, 9.17) is 0 Å². The molecule has 3 nitrogen and oxygen atoms in total. The minimum Gasteiger partial charge on any atom is -0.361 e. The maximum atomic E-state index is 12.9. The monoisotopic (exact) mass is 324 g/mol. The molecule has 1 saturated heterocycles. The highest BCUT2D eigenvalue weighted by Crippen LogP contribution is 2.52. The van der Waals surface area contributed by atoms with E-state index in [9.17, 15) is 4.79 Å². The topological polar surface area (TPSA) is 36.1 Å². The fraction of sp³-hybridized carbons (Fsp3) is 0.571. The lowest BCUT2D eigenvalue weighted by Gasteiger charge is -2.39. The third-order valence-corrected chi connectivity index (χ3v) is 6.02. The number of aryl methyl sites for hydroxylation is 1. The maximum Gasteiger partial charge on any atom is 0.223 e. The van der Waals surface area contributed by atoms with E-state index in [0.29, 0.717) is 29.2 Å². The number of amides is 1. The van der Waals surface area contributed by atoms with Crippen molar-refractivity contribution in [2.24, 2.45) is 10.8 Å². The Morgan fingerprint density at radius 3 is 2.88 bits per heavy atom. The van der Waals surface area contributed by atoms with Crippen LogP contribution in [0, 0.1) is 10.8 Å². The Morgan fingerprint density at radius 1 is 1.25 bits per heavy atom. The number of para-hydroxylation sites is 1. The summed E-state index contributed by atoms with van der Waals surface area (Å²) in [6.45, 7) is 8.04. The molecule has 2 atom stereocenters. The van der Waals surface area contributed by atoms with Crippen molar-refractivity contribution in [1.29, 1.82) is 0 Å². The molecular formula is C21H28N2O. The summed E-state index contributed by atoms with van der Waals surface area (Å²) in [5, 5.41) is 1.25. The summed E-state index contributed by atoms with van der Waals surface area (Å²) in [4.78, 5) is 18.4. The molecule has 2 aliphatic rings. The zero-order valence-corrected chi connectivity index (χ0v) is 15.1. The molecule has 2 fully saturated rings. The molecule has 1 saturated carbocycles. The van der Waals surface area contributed by atoms with Gasteiger partial charge in [-0.3, -0.25) is 4.79 Å². The van der Waals surface area contributed by atoms with Gasteiger partial charge in [-0.2, -0.15) is 0 Å². The number of rotatable bonds is 3. The number of carbonyl (C=O) groups is 1. The third-order valence-electron chi connectivity index (χ3n) is 6.02. The van der Waals surface area contributed by atoms with Crippen molar-refractivity contribution in [1.82, 2.24) is 9.88 Å². The molecule has 1 aromatic carbocycles. The highest BCUT2D eigenvalue weighted by Gasteiger charge is 2.50. The number of fused-ring (bicyclic) bond motifs is 3. The fourth-order valence-electron chi connectivity index (χ4n) is 5.48. The van der Waals surface area contributed by atoms with Crippen molar-refractivity contribution in [3.8, 4) is 0 Å². The van der Waals surface area contributed by atoms with Gasteiger partial charge < -0.3 is 9.88 Å². The van der Waals surface area contributed by atoms with Crippen molar-refractivity contribution in [3.63, 3.8) is 0 Å². The Bertz CT molecular complexity index is 775. The lowest BCUT2D eigenvalue weighted by molar-refractivity contribution is -0.132. The van der Waals surface area contributed by atoms with Gasteiger partial charge in [0, 0.05) is 36.1 Å². The molecule has 24 heavy (non-hydrogen) atoms. The molecule has 0 radical (unpaired) electrons. The van der Waals surface area contributed by atoms with Gasteiger partial charge in [-0.1, -0.05) is 39.0 Å². The summed E-state index contributed by atoms with van der Waals surface area (Å²) in [5.41, 5.74) is 3.10. The zero-order valence-electron chi connectivity index (χ0n) is 15.1. The molecule has 0 unspecified atom stereocenters. The van der Waals surface area contributed by atoms with E-state index in [1.54, 1.807) is 0 Å². The quantitative estimate of drug-likeness (QED) is 0.885. The molecule has 1 aliphatic heterocycles. The molecule has 2 heterocycles. The zero-order chi connectivity index (χ0) is 16.9. The first-order valence-electron chi connectivity index (χ1n) is 9.20. The maximum absolute atomic E-state index is 12.9. The number of hydrogen-bond acceptors (Lipinski definition) is 1. The van der Waals surface area contributed by atoms with Crippen LogP contribution in [0.3, 0.4) is 0 Å². The predicted octanol–water partition coefficient (Wildman–Crippen LogP) is 4.53. The summed E-state index contributed by atoms with van der Waals surface area (Å²) in [5.74, 6) is 0.340. The molecule has 3 heteroatoms. The van der Waals surface area contributed by atoms with Gasteiger partial charge in [0.2, 0.25) is 5.91 Å². The molecule has 4 rings (SSSR count). The Labute approximate surface area is 144 Å². The molecule has 1 amide bonds. The molecule has 0 spiro atoms. The SMILES string of the molecule is CC1(C)C[C@H]2C[C@@](C)(CN2C(=O)CCc2c[nH]c3ccccc23)C1. The summed E-state index contributed by atoms with van der Waals surface area (Å²) >= 11 is 0. The first-order chi connectivity index (χ1) is 11.4. The molecule has 2 aromatic rings. The van der Waals surface area contributed by atoms with Crippen LogP contribution >= 0.6 is 0 Å². The standard InChI is InChI=1S/C21H28N2O/c1-20(2)10-16-11-21(3,13-20)14-23(16)19(24)9-8-15-12-22-18-7-5-4-6-17(15)18/h4-7,12,16,22H,8-11,13-14H2,1-3H3/t16-,21+/m0/s1. The van der Waals surface area contributed by atoms with E-state index >= 15 is 0 Å². The van der Waals surface area contributed by atoms with Crippen LogP contribution in [0.25, 0.3) is 10.9 Å². The van der Waals surface area contributed by atoms with E-state index in [2.05, 4.69) is 55.1 Å². The van der Waals surface area contributed by atoms with E-state index in [1.165, 1.54) is 23.8 Å². The summed E-state index contributed by atoms with van der Waals surface area (Å²) in [6, 6.07) is 8.79. The number of H-pyrrole nitrogens is 1. The summed E-state index contributed by atoms with van der Waals surface area (Å²) in [7, 11) is 0. The molecule has 1 aromatic heterocycles. The van der Waals surface area contributed by atoms with Gasteiger partial charge in [-0.15, -0.1) is 0 Å². The highest BCUT2D eigenvalue weighted by atomic mass is 16.2. The number of aromatic amines is 1. The van der Waals surface area contributed by atoms with Crippen LogP contribution in [0.15, 0.2) is 30.5 Å². The second-order valence-corrected chi connectivity index (χ2v) is 9.09. The Kier molecular flexibility index (Phi) is 3.52. The Hall–Kier alpha value is -1.77. The van der Waals surface area contributed by atoms with Gasteiger partial charge in [0.05, 0.1) is 0 Å². The average Bonchev–Trinajstić information content (AvgIpc) is 3.02. The van der Waals surface area contributed by atoms with Crippen molar-refractivity contribution >= 4 is 16.8 Å².